The minimum Gasteiger partial charge on any atom is -0.226 e. The highest BCUT2D eigenvalue weighted by Crippen LogP contribution is 2.33. The zero-order chi connectivity index (χ0) is 14.0. The number of aromatic nitrogens is 2. The number of rotatable bonds is 3. The summed E-state index contributed by atoms with van der Waals surface area (Å²) in [5.41, 5.74) is 0.660. The largest absolute Gasteiger partial charge is 0.226 e. The van der Waals surface area contributed by atoms with Crippen LogP contribution in [0.4, 0.5) is 8.78 Å². The third-order valence-electron chi connectivity index (χ3n) is 2.50. The molecule has 100 valence electrons. The molecule has 0 radical (unpaired) electrons. The summed E-state index contributed by atoms with van der Waals surface area (Å²) in [6.07, 6.45) is 0.624. The first-order valence-corrected chi connectivity index (χ1v) is 6.86. The van der Waals surface area contributed by atoms with E-state index in [1.54, 1.807) is 6.92 Å². The van der Waals surface area contributed by atoms with Crippen LogP contribution in [-0.4, -0.2) is 9.97 Å². The number of halogens is 3. The number of aryl methyl sites for hydroxylation is 1. The van der Waals surface area contributed by atoms with E-state index in [0.717, 1.165) is 30.0 Å². The Kier molecular flexibility index (Phi) is 4.37. The maximum Gasteiger partial charge on any atom is 0.137 e. The number of nitrogens with zero attached hydrogens (tertiary/aromatic N) is 2. The standard InChI is InChI=1S/C13H11ClF2N2S/c1-3-11-17-12(14)7(2)13(18-11)19-10-6-8(15)4-5-9(10)16/h4-6H,3H2,1-2H3. The van der Waals surface area contributed by atoms with Crippen molar-refractivity contribution in [3.05, 3.63) is 46.4 Å². The molecule has 0 bridgehead atoms. The number of benzene rings is 1. The first-order chi connectivity index (χ1) is 9.01. The van der Waals surface area contributed by atoms with Gasteiger partial charge in [-0.25, -0.2) is 18.7 Å². The fourth-order valence-corrected chi connectivity index (χ4v) is 2.62. The molecule has 0 saturated heterocycles. The van der Waals surface area contributed by atoms with E-state index in [1.807, 2.05) is 6.92 Å². The van der Waals surface area contributed by atoms with Gasteiger partial charge in [0.05, 0.1) is 4.90 Å². The highest BCUT2D eigenvalue weighted by atomic mass is 35.5. The van der Waals surface area contributed by atoms with Crippen LogP contribution in [-0.2, 0) is 6.42 Å². The van der Waals surface area contributed by atoms with Gasteiger partial charge in [0.25, 0.3) is 0 Å². The number of hydrogen-bond acceptors (Lipinski definition) is 3. The van der Waals surface area contributed by atoms with Gasteiger partial charge in [-0.1, -0.05) is 30.3 Å². The van der Waals surface area contributed by atoms with Crippen molar-refractivity contribution >= 4 is 23.4 Å². The minimum absolute atomic E-state index is 0.180. The number of hydrogen-bond donors (Lipinski definition) is 0. The molecule has 1 heterocycles. The smallest absolute Gasteiger partial charge is 0.137 e. The molecule has 1 aromatic heterocycles. The van der Waals surface area contributed by atoms with E-state index < -0.39 is 11.6 Å². The van der Waals surface area contributed by atoms with Crippen molar-refractivity contribution in [2.24, 2.45) is 0 Å². The second kappa shape index (κ2) is 5.84. The van der Waals surface area contributed by atoms with Crippen LogP contribution in [0.15, 0.2) is 28.1 Å². The van der Waals surface area contributed by atoms with Gasteiger partial charge in [0, 0.05) is 12.0 Å². The lowest BCUT2D eigenvalue weighted by Crippen LogP contribution is -1.99. The molecule has 0 N–H and O–H groups in total. The maximum atomic E-state index is 13.6. The van der Waals surface area contributed by atoms with Gasteiger partial charge in [-0.15, -0.1) is 0 Å². The van der Waals surface area contributed by atoms with E-state index >= 15 is 0 Å². The van der Waals surface area contributed by atoms with Crippen LogP contribution >= 0.6 is 23.4 Å². The van der Waals surface area contributed by atoms with Crippen LogP contribution in [0.25, 0.3) is 0 Å². The Morgan fingerprint density at radius 3 is 2.68 bits per heavy atom. The van der Waals surface area contributed by atoms with Crippen LogP contribution in [0.5, 0.6) is 0 Å². The van der Waals surface area contributed by atoms with Crippen molar-refractivity contribution < 1.29 is 8.78 Å². The molecule has 0 atom stereocenters. The Hall–Kier alpha value is -1.20. The molecule has 0 fully saturated rings. The normalized spacial score (nSPS) is 10.8. The van der Waals surface area contributed by atoms with Gasteiger partial charge >= 0.3 is 0 Å². The summed E-state index contributed by atoms with van der Waals surface area (Å²) in [5, 5.41) is 0.882. The van der Waals surface area contributed by atoms with Crippen molar-refractivity contribution in [1.82, 2.24) is 9.97 Å². The topological polar surface area (TPSA) is 25.8 Å². The van der Waals surface area contributed by atoms with Gasteiger partial charge in [0.15, 0.2) is 0 Å². The van der Waals surface area contributed by atoms with Crippen molar-refractivity contribution in [2.75, 3.05) is 0 Å². The molecule has 2 rings (SSSR count). The summed E-state index contributed by atoms with van der Waals surface area (Å²) in [7, 11) is 0. The molecule has 0 unspecified atom stereocenters. The highest BCUT2D eigenvalue weighted by molar-refractivity contribution is 7.99. The molecule has 0 amide bonds. The molecule has 1 aromatic carbocycles. The molecule has 2 nitrogen and oxygen atoms in total. The Morgan fingerprint density at radius 1 is 1.26 bits per heavy atom. The van der Waals surface area contributed by atoms with Crippen LogP contribution in [0.1, 0.15) is 18.3 Å². The molecule has 0 aliphatic carbocycles. The molecule has 2 aromatic rings. The van der Waals surface area contributed by atoms with Gasteiger partial charge in [-0.2, -0.15) is 0 Å². The molecule has 0 aliphatic rings. The average molecular weight is 301 g/mol. The van der Waals surface area contributed by atoms with Gasteiger partial charge < -0.3 is 0 Å². The molecule has 19 heavy (non-hydrogen) atoms. The predicted molar refractivity (Wildman–Crippen MR) is 71.6 cm³/mol. The minimum atomic E-state index is -0.488. The fraction of sp³-hybridized carbons (Fsp3) is 0.231. The van der Waals surface area contributed by atoms with E-state index in [-0.39, 0.29) is 4.90 Å². The molecule has 0 aliphatic heterocycles. The summed E-state index contributed by atoms with van der Waals surface area (Å²) in [4.78, 5) is 8.58. The van der Waals surface area contributed by atoms with Crippen molar-refractivity contribution in [1.29, 1.82) is 0 Å². The SMILES string of the molecule is CCc1nc(Cl)c(C)c(Sc2cc(F)ccc2F)n1. The van der Waals surface area contributed by atoms with E-state index in [0.29, 0.717) is 28.0 Å². The molecular weight excluding hydrogens is 290 g/mol. The molecule has 0 spiro atoms. The Bertz CT molecular complexity index is 620. The van der Waals surface area contributed by atoms with Gasteiger partial charge in [-0.05, 0) is 25.1 Å². The second-order valence-corrected chi connectivity index (χ2v) is 5.28. The third kappa shape index (κ3) is 3.22. The Labute approximate surface area is 119 Å². The summed E-state index contributed by atoms with van der Waals surface area (Å²) < 4.78 is 26.7. The van der Waals surface area contributed by atoms with E-state index in [4.69, 9.17) is 11.6 Å². The maximum absolute atomic E-state index is 13.6. The molecule has 6 heteroatoms. The van der Waals surface area contributed by atoms with Gasteiger partial charge in [-0.3, -0.25) is 0 Å². The lowest BCUT2D eigenvalue weighted by molar-refractivity contribution is 0.577. The first kappa shape index (κ1) is 14.2. The van der Waals surface area contributed by atoms with Crippen LogP contribution in [0, 0.1) is 18.6 Å². The Morgan fingerprint density at radius 2 is 2.00 bits per heavy atom. The fourth-order valence-electron chi connectivity index (χ4n) is 1.43. The van der Waals surface area contributed by atoms with Gasteiger partial charge in [0.1, 0.15) is 27.6 Å². The molecule has 0 saturated carbocycles. The van der Waals surface area contributed by atoms with E-state index in [9.17, 15) is 8.78 Å². The summed E-state index contributed by atoms with van der Waals surface area (Å²) in [6, 6.07) is 3.31. The third-order valence-corrected chi connectivity index (χ3v) is 4.00. The van der Waals surface area contributed by atoms with Crippen molar-refractivity contribution in [3.63, 3.8) is 0 Å². The zero-order valence-corrected chi connectivity index (χ0v) is 11.9. The van der Waals surface area contributed by atoms with Crippen LogP contribution in [0.2, 0.25) is 5.15 Å². The van der Waals surface area contributed by atoms with Crippen molar-refractivity contribution in [2.45, 2.75) is 30.2 Å². The van der Waals surface area contributed by atoms with E-state index in [2.05, 4.69) is 9.97 Å². The van der Waals surface area contributed by atoms with Gasteiger partial charge in [0.2, 0.25) is 0 Å². The summed E-state index contributed by atoms with van der Waals surface area (Å²) in [5.74, 6) is -0.397. The van der Waals surface area contributed by atoms with Crippen LogP contribution < -0.4 is 0 Å². The summed E-state index contributed by atoms with van der Waals surface area (Å²) in [6.45, 7) is 3.65. The quantitative estimate of drug-likeness (QED) is 0.784. The summed E-state index contributed by atoms with van der Waals surface area (Å²) >= 11 is 7.05. The zero-order valence-electron chi connectivity index (χ0n) is 10.4. The predicted octanol–water partition coefficient (Wildman–Crippen LogP) is 4.43. The molecular formula is C13H11ClF2N2S. The van der Waals surface area contributed by atoms with E-state index in [1.165, 1.54) is 0 Å². The highest BCUT2D eigenvalue weighted by Gasteiger charge is 2.13. The first-order valence-electron chi connectivity index (χ1n) is 5.67. The van der Waals surface area contributed by atoms with Crippen molar-refractivity contribution in [3.8, 4) is 0 Å². The van der Waals surface area contributed by atoms with Crippen LogP contribution in [0.3, 0.4) is 0 Å². The average Bonchev–Trinajstić information content (AvgIpc) is 2.38. The second-order valence-electron chi connectivity index (χ2n) is 3.89. The lowest BCUT2D eigenvalue weighted by Gasteiger charge is -2.08. The lowest BCUT2D eigenvalue weighted by atomic mass is 10.3. The monoisotopic (exact) mass is 300 g/mol. The Balaban J connectivity index is 2.42.